The third-order valence-corrected chi connectivity index (χ3v) is 6.34. The summed E-state index contributed by atoms with van der Waals surface area (Å²) >= 11 is 1.16. The summed E-state index contributed by atoms with van der Waals surface area (Å²) in [4.78, 5) is 31.5. The van der Waals surface area contributed by atoms with Gasteiger partial charge < -0.3 is 14.2 Å². The molecule has 0 amide bonds. The van der Waals surface area contributed by atoms with E-state index in [1.54, 1.807) is 56.3 Å². The summed E-state index contributed by atoms with van der Waals surface area (Å²) in [5.74, 6) is -0.0313. The number of fused-ring (bicyclic) bond motifs is 1. The maximum absolute atomic E-state index is 13.6. The molecule has 3 aromatic rings. The summed E-state index contributed by atoms with van der Waals surface area (Å²) < 4.78 is 41.9. The van der Waals surface area contributed by atoms with Crippen LogP contribution >= 0.6 is 11.3 Å². The van der Waals surface area contributed by atoms with Gasteiger partial charge in [0.05, 0.1) is 29.5 Å². The molecule has 0 saturated heterocycles. The van der Waals surface area contributed by atoms with Gasteiger partial charge >= 0.3 is 12.6 Å². The number of alkyl halides is 2. The number of allylic oxidation sites excluding steroid dienone is 1. The number of benzene rings is 2. The number of thiazole rings is 1. The molecule has 0 aliphatic carbocycles. The van der Waals surface area contributed by atoms with Gasteiger partial charge in [0.1, 0.15) is 17.5 Å². The second-order valence-corrected chi connectivity index (χ2v) is 8.50. The van der Waals surface area contributed by atoms with Gasteiger partial charge in [-0.2, -0.15) is 8.78 Å². The van der Waals surface area contributed by atoms with Crippen molar-refractivity contribution in [1.82, 2.24) is 4.57 Å². The quantitative estimate of drug-likeness (QED) is 0.465. The highest BCUT2D eigenvalue weighted by Gasteiger charge is 2.34. The Kier molecular flexibility index (Phi) is 7.11. The zero-order valence-electron chi connectivity index (χ0n) is 19.2. The van der Waals surface area contributed by atoms with Crippen molar-refractivity contribution in [3.63, 3.8) is 0 Å². The fourth-order valence-electron chi connectivity index (χ4n) is 3.87. The average Bonchev–Trinajstić information content (AvgIpc) is 3.13. The molecule has 2 heterocycles. The predicted octanol–water partition coefficient (Wildman–Crippen LogP) is 3.41. The number of esters is 1. The molecule has 0 unspecified atom stereocenters. The first-order valence-electron chi connectivity index (χ1n) is 10.7. The number of hydrogen-bond acceptors (Lipinski definition) is 7. The molecule has 0 spiro atoms. The Morgan fingerprint density at radius 1 is 1.20 bits per heavy atom. The van der Waals surface area contributed by atoms with E-state index < -0.39 is 18.6 Å². The molecule has 2 aromatic carbocycles. The highest BCUT2D eigenvalue weighted by molar-refractivity contribution is 7.07. The molecule has 1 aliphatic heterocycles. The van der Waals surface area contributed by atoms with Crippen LogP contribution in [0.2, 0.25) is 0 Å². The standard InChI is InChI=1S/C25H22F2N2O5S/c1-4-33-23(31)20-14(2)28-25-29(21(20)17-7-5-6-8-18(17)32-3)22(30)19(35-25)13-15-9-11-16(12-10-15)34-24(26)27/h5-13,21,24H,4H2,1-3H3/b19-13+/t21-/m0/s1. The Balaban J connectivity index is 1.89. The number of rotatable bonds is 7. The zero-order chi connectivity index (χ0) is 25.1. The van der Waals surface area contributed by atoms with E-state index in [9.17, 15) is 18.4 Å². The van der Waals surface area contributed by atoms with Crippen LogP contribution in [0.3, 0.4) is 0 Å². The lowest BCUT2D eigenvalue weighted by Crippen LogP contribution is -2.40. The van der Waals surface area contributed by atoms with Gasteiger partial charge in [0, 0.05) is 5.56 Å². The Labute approximate surface area is 203 Å². The highest BCUT2D eigenvalue weighted by Crippen LogP contribution is 2.35. The number of halogens is 2. The van der Waals surface area contributed by atoms with Gasteiger partial charge in [-0.15, -0.1) is 0 Å². The van der Waals surface area contributed by atoms with Crippen LogP contribution in [0.4, 0.5) is 8.78 Å². The van der Waals surface area contributed by atoms with Gasteiger partial charge in [-0.05, 0) is 43.7 Å². The molecule has 35 heavy (non-hydrogen) atoms. The SMILES string of the molecule is CCOC(=O)C1=C(C)N=c2s/c(=C/c3ccc(OC(F)F)cc3)c(=O)n2[C@H]1c1ccccc1OC. The van der Waals surface area contributed by atoms with Crippen molar-refractivity contribution in [2.45, 2.75) is 26.5 Å². The summed E-state index contributed by atoms with van der Waals surface area (Å²) in [7, 11) is 1.52. The summed E-state index contributed by atoms with van der Waals surface area (Å²) in [5, 5.41) is 0. The van der Waals surface area contributed by atoms with E-state index in [4.69, 9.17) is 9.47 Å². The summed E-state index contributed by atoms with van der Waals surface area (Å²) in [6, 6.07) is 12.3. The molecule has 4 rings (SSSR count). The number of para-hydroxylation sites is 1. The van der Waals surface area contributed by atoms with Crippen molar-refractivity contribution in [3.8, 4) is 11.5 Å². The van der Waals surface area contributed by atoms with Crippen LogP contribution in [0.1, 0.15) is 31.0 Å². The fourth-order valence-corrected chi connectivity index (χ4v) is 4.92. The van der Waals surface area contributed by atoms with Crippen molar-refractivity contribution in [1.29, 1.82) is 0 Å². The van der Waals surface area contributed by atoms with E-state index in [-0.39, 0.29) is 23.5 Å². The van der Waals surface area contributed by atoms with E-state index in [1.807, 2.05) is 0 Å². The minimum atomic E-state index is -2.92. The van der Waals surface area contributed by atoms with Crippen molar-refractivity contribution in [2.24, 2.45) is 4.99 Å². The molecule has 0 saturated carbocycles. The molecule has 0 N–H and O–H groups in total. The Morgan fingerprint density at radius 2 is 1.91 bits per heavy atom. The predicted molar refractivity (Wildman–Crippen MR) is 126 cm³/mol. The molecule has 0 radical (unpaired) electrons. The van der Waals surface area contributed by atoms with E-state index in [0.29, 0.717) is 31.9 Å². The fraction of sp³-hybridized carbons (Fsp3) is 0.240. The lowest BCUT2D eigenvalue weighted by atomic mass is 9.95. The molecule has 182 valence electrons. The smallest absolute Gasteiger partial charge is 0.387 e. The van der Waals surface area contributed by atoms with Crippen molar-refractivity contribution >= 4 is 23.4 Å². The lowest BCUT2D eigenvalue weighted by Gasteiger charge is -2.25. The van der Waals surface area contributed by atoms with E-state index in [1.165, 1.54) is 23.8 Å². The molecule has 0 fully saturated rings. The molecule has 1 aliphatic rings. The van der Waals surface area contributed by atoms with Crippen LogP contribution in [0.25, 0.3) is 6.08 Å². The Morgan fingerprint density at radius 3 is 2.57 bits per heavy atom. The number of nitrogens with zero attached hydrogens (tertiary/aromatic N) is 2. The second-order valence-electron chi connectivity index (χ2n) is 7.49. The number of carbonyl (C=O) groups excluding carboxylic acids is 1. The summed E-state index contributed by atoms with van der Waals surface area (Å²) in [6.45, 7) is 0.660. The highest BCUT2D eigenvalue weighted by atomic mass is 32.1. The normalized spacial score (nSPS) is 15.6. The number of methoxy groups -OCH3 is 1. The van der Waals surface area contributed by atoms with Crippen molar-refractivity contribution < 1.29 is 27.8 Å². The van der Waals surface area contributed by atoms with Crippen LogP contribution in [-0.4, -0.2) is 30.9 Å². The van der Waals surface area contributed by atoms with Gasteiger partial charge in [0.2, 0.25) is 0 Å². The maximum atomic E-state index is 13.6. The van der Waals surface area contributed by atoms with Gasteiger partial charge in [-0.1, -0.05) is 41.7 Å². The average molecular weight is 501 g/mol. The number of ether oxygens (including phenoxy) is 3. The van der Waals surface area contributed by atoms with Gasteiger partial charge in [0.25, 0.3) is 5.56 Å². The maximum Gasteiger partial charge on any atom is 0.387 e. The van der Waals surface area contributed by atoms with Crippen molar-refractivity contribution in [3.05, 3.63) is 90.6 Å². The topological polar surface area (TPSA) is 79.1 Å². The minimum absolute atomic E-state index is 0.0180. The van der Waals surface area contributed by atoms with Gasteiger partial charge in [-0.25, -0.2) is 9.79 Å². The molecular formula is C25H22F2N2O5S. The van der Waals surface area contributed by atoms with Gasteiger partial charge in [-0.3, -0.25) is 9.36 Å². The van der Waals surface area contributed by atoms with E-state index in [2.05, 4.69) is 9.73 Å². The molecular weight excluding hydrogens is 478 g/mol. The molecule has 1 atom stereocenters. The molecule has 10 heteroatoms. The number of hydrogen-bond donors (Lipinski definition) is 0. The van der Waals surface area contributed by atoms with Crippen LogP contribution in [0, 0.1) is 0 Å². The van der Waals surface area contributed by atoms with E-state index >= 15 is 0 Å². The lowest BCUT2D eigenvalue weighted by molar-refractivity contribution is -0.139. The van der Waals surface area contributed by atoms with Gasteiger partial charge in [0.15, 0.2) is 4.80 Å². The first kappa shape index (κ1) is 24.3. The van der Waals surface area contributed by atoms with Crippen LogP contribution in [-0.2, 0) is 9.53 Å². The third kappa shape index (κ3) is 4.88. The summed E-state index contributed by atoms with van der Waals surface area (Å²) in [5.41, 5.74) is 1.58. The molecule has 0 bridgehead atoms. The third-order valence-electron chi connectivity index (χ3n) is 5.35. The molecule has 7 nitrogen and oxygen atoms in total. The number of carbonyl (C=O) groups is 1. The van der Waals surface area contributed by atoms with E-state index in [0.717, 1.165) is 11.3 Å². The van der Waals surface area contributed by atoms with Crippen LogP contribution in [0.5, 0.6) is 11.5 Å². The zero-order valence-corrected chi connectivity index (χ0v) is 20.0. The van der Waals surface area contributed by atoms with Crippen LogP contribution < -0.4 is 24.4 Å². The first-order chi connectivity index (χ1) is 16.8. The Bertz CT molecular complexity index is 1460. The van der Waals surface area contributed by atoms with Crippen molar-refractivity contribution in [2.75, 3.05) is 13.7 Å². The van der Waals surface area contributed by atoms with Crippen LogP contribution in [0.15, 0.2) is 69.6 Å². The monoisotopic (exact) mass is 500 g/mol. The number of aromatic nitrogens is 1. The molecule has 1 aromatic heterocycles. The first-order valence-corrected chi connectivity index (χ1v) is 11.5. The summed E-state index contributed by atoms with van der Waals surface area (Å²) in [6.07, 6.45) is 1.64. The Hall–Kier alpha value is -3.79. The largest absolute Gasteiger partial charge is 0.496 e. The second kappa shape index (κ2) is 10.2. The minimum Gasteiger partial charge on any atom is -0.496 e.